The quantitative estimate of drug-likeness (QED) is 0.831. The Morgan fingerprint density at radius 3 is 2.37 bits per heavy atom. The highest BCUT2D eigenvalue weighted by Gasteiger charge is 2.11. The van der Waals surface area contributed by atoms with E-state index in [9.17, 15) is 13.2 Å². The summed E-state index contributed by atoms with van der Waals surface area (Å²) in [7, 11) is 0. The summed E-state index contributed by atoms with van der Waals surface area (Å²) in [5, 5.41) is 2.86. The molecule has 100 valence electrons. The monoisotopic (exact) mass is 329 g/mol. The molecule has 0 saturated carbocycles. The van der Waals surface area contributed by atoms with Crippen molar-refractivity contribution in [2.75, 3.05) is 5.32 Å². The van der Waals surface area contributed by atoms with Crippen molar-refractivity contribution in [2.24, 2.45) is 0 Å². The van der Waals surface area contributed by atoms with E-state index in [0.29, 0.717) is 4.47 Å². The average Bonchev–Trinajstić information content (AvgIpc) is 2.37. The first-order valence-corrected chi connectivity index (χ1v) is 6.43. The molecule has 19 heavy (non-hydrogen) atoms. The Hall–Kier alpha value is -1.49. The standard InChI is InChI=1S/C14H11BrF3N/c1-8(9-2-4-12(17)11(15)6-9)19-14-7-10(16)3-5-13(14)18/h2-8,19H,1H3. The van der Waals surface area contributed by atoms with Gasteiger partial charge in [-0.25, -0.2) is 13.2 Å². The predicted molar refractivity (Wildman–Crippen MR) is 72.5 cm³/mol. The molecule has 0 bridgehead atoms. The van der Waals surface area contributed by atoms with Gasteiger partial charge in [0.25, 0.3) is 0 Å². The van der Waals surface area contributed by atoms with Crippen LogP contribution in [0.1, 0.15) is 18.5 Å². The lowest BCUT2D eigenvalue weighted by Crippen LogP contribution is -2.08. The zero-order chi connectivity index (χ0) is 14.0. The van der Waals surface area contributed by atoms with Crippen LogP contribution in [0.2, 0.25) is 0 Å². The minimum absolute atomic E-state index is 0.0768. The molecular formula is C14H11BrF3N. The number of hydrogen-bond acceptors (Lipinski definition) is 1. The predicted octanol–water partition coefficient (Wildman–Crippen LogP) is 5.04. The number of anilines is 1. The minimum Gasteiger partial charge on any atom is -0.376 e. The second-order valence-corrected chi connectivity index (χ2v) is 5.02. The van der Waals surface area contributed by atoms with Crippen LogP contribution in [-0.4, -0.2) is 0 Å². The molecule has 1 unspecified atom stereocenters. The minimum atomic E-state index is -0.533. The zero-order valence-corrected chi connectivity index (χ0v) is 11.6. The van der Waals surface area contributed by atoms with Crippen LogP contribution in [0, 0.1) is 17.5 Å². The molecule has 5 heteroatoms. The number of nitrogens with one attached hydrogen (secondary N) is 1. The molecule has 2 rings (SSSR count). The van der Waals surface area contributed by atoms with Crippen LogP contribution in [0.15, 0.2) is 40.9 Å². The maximum atomic E-state index is 13.5. The fourth-order valence-electron chi connectivity index (χ4n) is 1.71. The first kappa shape index (κ1) is 13.9. The van der Waals surface area contributed by atoms with E-state index in [4.69, 9.17) is 0 Å². The fourth-order valence-corrected chi connectivity index (χ4v) is 2.10. The van der Waals surface area contributed by atoms with Gasteiger partial charge in [0.05, 0.1) is 10.2 Å². The number of halogens is 4. The Morgan fingerprint density at radius 2 is 1.68 bits per heavy atom. The number of rotatable bonds is 3. The van der Waals surface area contributed by atoms with Gasteiger partial charge in [-0.15, -0.1) is 0 Å². The van der Waals surface area contributed by atoms with Crippen molar-refractivity contribution in [3.05, 3.63) is 63.9 Å². The molecule has 0 fully saturated rings. The van der Waals surface area contributed by atoms with Crippen molar-refractivity contribution in [2.45, 2.75) is 13.0 Å². The van der Waals surface area contributed by atoms with Gasteiger partial charge in [0, 0.05) is 6.04 Å². The summed E-state index contributed by atoms with van der Waals surface area (Å²) >= 11 is 3.09. The zero-order valence-electron chi connectivity index (χ0n) is 10.1. The Bertz CT molecular complexity index is 601. The summed E-state index contributed by atoms with van der Waals surface area (Å²) in [5.41, 5.74) is 0.838. The molecule has 0 heterocycles. The van der Waals surface area contributed by atoms with E-state index in [-0.39, 0.29) is 17.5 Å². The summed E-state index contributed by atoms with van der Waals surface area (Å²) in [6.45, 7) is 1.78. The van der Waals surface area contributed by atoms with Crippen molar-refractivity contribution in [1.29, 1.82) is 0 Å². The van der Waals surface area contributed by atoms with Gasteiger partial charge in [-0.3, -0.25) is 0 Å². The van der Waals surface area contributed by atoms with Crippen molar-refractivity contribution >= 4 is 21.6 Å². The van der Waals surface area contributed by atoms with Crippen molar-refractivity contribution < 1.29 is 13.2 Å². The van der Waals surface area contributed by atoms with E-state index in [0.717, 1.165) is 23.8 Å². The smallest absolute Gasteiger partial charge is 0.146 e. The van der Waals surface area contributed by atoms with E-state index >= 15 is 0 Å². The molecule has 1 atom stereocenters. The molecule has 0 aliphatic carbocycles. The molecule has 0 saturated heterocycles. The topological polar surface area (TPSA) is 12.0 Å². The largest absolute Gasteiger partial charge is 0.376 e. The van der Waals surface area contributed by atoms with E-state index < -0.39 is 11.6 Å². The fraction of sp³-hybridized carbons (Fsp3) is 0.143. The third-order valence-electron chi connectivity index (χ3n) is 2.74. The highest BCUT2D eigenvalue weighted by Crippen LogP contribution is 2.25. The lowest BCUT2D eigenvalue weighted by Gasteiger charge is -2.16. The number of hydrogen-bond donors (Lipinski definition) is 1. The van der Waals surface area contributed by atoms with Crippen LogP contribution >= 0.6 is 15.9 Å². The number of benzene rings is 2. The average molecular weight is 330 g/mol. The molecule has 0 aromatic heterocycles. The van der Waals surface area contributed by atoms with Crippen molar-refractivity contribution in [1.82, 2.24) is 0 Å². The van der Waals surface area contributed by atoms with Gasteiger partial charge in [-0.2, -0.15) is 0 Å². The van der Waals surface area contributed by atoms with Gasteiger partial charge in [-0.1, -0.05) is 6.07 Å². The second-order valence-electron chi connectivity index (χ2n) is 4.16. The van der Waals surface area contributed by atoms with Crippen LogP contribution in [-0.2, 0) is 0 Å². The molecule has 1 nitrogen and oxygen atoms in total. The lowest BCUT2D eigenvalue weighted by molar-refractivity contribution is 0.600. The van der Waals surface area contributed by atoms with Gasteiger partial charge in [-0.05, 0) is 58.7 Å². The first-order chi connectivity index (χ1) is 8.97. The van der Waals surface area contributed by atoms with Crippen LogP contribution in [0.3, 0.4) is 0 Å². The Labute approximate surface area is 117 Å². The Morgan fingerprint density at radius 1 is 1.00 bits per heavy atom. The van der Waals surface area contributed by atoms with Crippen molar-refractivity contribution in [3.8, 4) is 0 Å². The van der Waals surface area contributed by atoms with Gasteiger partial charge in [0.15, 0.2) is 0 Å². The van der Waals surface area contributed by atoms with E-state index in [1.807, 2.05) is 0 Å². The van der Waals surface area contributed by atoms with Gasteiger partial charge in [0.2, 0.25) is 0 Å². The molecular weight excluding hydrogens is 319 g/mol. The summed E-state index contributed by atoms with van der Waals surface area (Å²) in [6, 6.07) is 7.43. The normalized spacial score (nSPS) is 12.3. The summed E-state index contributed by atoms with van der Waals surface area (Å²) in [6.07, 6.45) is 0. The second kappa shape index (κ2) is 5.65. The highest BCUT2D eigenvalue weighted by atomic mass is 79.9. The van der Waals surface area contributed by atoms with Crippen LogP contribution in [0.25, 0.3) is 0 Å². The maximum absolute atomic E-state index is 13.5. The summed E-state index contributed by atoms with van der Waals surface area (Å²) < 4.78 is 40.0. The van der Waals surface area contributed by atoms with Gasteiger partial charge in [0.1, 0.15) is 17.5 Å². The van der Waals surface area contributed by atoms with Gasteiger partial charge < -0.3 is 5.32 Å². The SMILES string of the molecule is CC(Nc1cc(F)ccc1F)c1ccc(F)c(Br)c1. The summed E-state index contributed by atoms with van der Waals surface area (Å²) in [4.78, 5) is 0. The van der Waals surface area contributed by atoms with Crippen molar-refractivity contribution in [3.63, 3.8) is 0 Å². The Balaban J connectivity index is 2.22. The molecule has 1 N–H and O–H groups in total. The molecule has 2 aromatic rings. The molecule has 0 radical (unpaired) electrons. The van der Waals surface area contributed by atoms with Crippen LogP contribution in [0.5, 0.6) is 0 Å². The Kier molecular flexibility index (Phi) is 4.14. The lowest BCUT2D eigenvalue weighted by atomic mass is 10.1. The molecule has 0 aliphatic rings. The molecule has 0 spiro atoms. The van der Waals surface area contributed by atoms with E-state index in [2.05, 4.69) is 21.2 Å². The third-order valence-corrected chi connectivity index (χ3v) is 3.35. The summed E-state index contributed by atoms with van der Waals surface area (Å²) in [5.74, 6) is -1.42. The van der Waals surface area contributed by atoms with E-state index in [1.165, 1.54) is 6.07 Å². The maximum Gasteiger partial charge on any atom is 0.146 e. The van der Waals surface area contributed by atoms with Crippen LogP contribution in [0.4, 0.5) is 18.9 Å². The van der Waals surface area contributed by atoms with E-state index in [1.54, 1.807) is 19.1 Å². The highest BCUT2D eigenvalue weighted by molar-refractivity contribution is 9.10. The first-order valence-electron chi connectivity index (χ1n) is 5.64. The molecule has 2 aromatic carbocycles. The van der Waals surface area contributed by atoms with Crippen LogP contribution < -0.4 is 5.32 Å². The molecule has 0 amide bonds. The third kappa shape index (κ3) is 3.29. The molecule has 0 aliphatic heterocycles. The van der Waals surface area contributed by atoms with Gasteiger partial charge >= 0.3 is 0 Å².